The third-order valence-electron chi connectivity index (χ3n) is 3.57. The molecule has 0 saturated carbocycles. The average molecular weight is 270 g/mol. The van der Waals surface area contributed by atoms with Gasteiger partial charge >= 0.3 is 0 Å². The molecule has 0 aromatic rings. The van der Waals surface area contributed by atoms with Crippen molar-refractivity contribution >= 4 is 16.9 Å². The highest BCUT2D eigenvalue weighted by Crippen LogP contribution is 2.22. The van der Waals surface area contributed by atoms with Crippen LogP contribution >= 0.6 is 11.8 Å². The Balaban J connectivity index is 2.27. The second kappa shape index (κ2) is 8.84. The normalized spacial score (nSPS) is 21.8. The van der Waals surface area contributed by atoms with Gasteiger partial charge < -0.3 is 5.32 Å². The van der Waals surface area contributed by atoms with Crippen molar-refractivity contribution in [2.24, 2.45) is 10.9 Å². The molecule has 0 aromatic heterocycles. The van der Waals surface area contributed by atoms with E-state index < -0.39 is 0 Å². The van der Waals surface area contributed by atoms with E-state index in [0.29, 0.717) is 18.0 Å². The topological polar surface area (TPSA) is 24.4 Å². The molecule has 0 bridgehead atoms. The number of hydrogen-bond donors (Lipinski definition) is 1. The Morgan fingerprint density at radius 2 is 2.06 bits per heavy atom. The molecular formula is C15H30N2S. The van der Waals surface area contributed by atoms with Gasteiger partial charge in [-0.05, 0) is 25.7 Å². The summed E-state index contributed by atoms with van der Waals surface area (Å²) in [7, 11) is 0. The van der Waals surface area contributed by atoms with Gasteiger partial charge in [0.15, 0.2) is 5.17 Å². The summed E-state index contributed by atoms with van der Waals surface area (Å²) < 4.78 is 0. The van der Waals surface area contributed by atoms with Crippen molar-refractivity contribution in [2.45, 2.75) is 78.3 Å². The van der Waals surface area contributed by atoms with E-state index in [0.717, 1.165) is 0 Å². The zero-order valence-corrected chi connectivity index (χ0v) is 13.4. The Kier molecular flexibility index (Phi) is 7.80. The van der Waals surface area contributed by atoms with E-state index in [-0.39, 0.29) is 0 Å². The van der Waals surface area contributed by atoms with Gasteiger partial charge in [-0.15, -0.1) is 0 Å². The molecule has 0 amide bonds. The molecule has 1 rings (SSSR count). The Morgan fingerprint density at radius 3 is 2.72 bits per heavy atom. The molecule has 2 nitrogen and oxygen atoms in total. The number of thioether (sulfide) groups is 1. The standard InChI is InChI=1S/C15H30N2S/c1-5-6-7-8-9-13(4)16-15-17-14(12(2)3)10-11-18-15/h12-14H,5-11H2,1-4H3,(H,16,17). The van der Waals surface area contributed by atoms with Crippen LogP contribution in [0.2, 0.25) is 0 Å². The summed E-state index contributed by atoms with van der Waals surface area (Å²) in [6.07, 6.45) is 7.91. The molecule has 0 aromatic carbocycles. The van der Waals surface area contributed by atoms with E-state index >= 15 is 0 Å². The van der Waals surface area contributed by atoms with Crippen molar-refractivity contribution in [3.63, 3.8) is 0 Å². The lowest BCUT2D eigenvalue weighted by Crippen LogP contribution is -2.34. The van der Waals surface area contributed by atoms with Crippen LogP contribution in [0.4, 0.5) is 0 Å². The minimum absolute atomic E-state index is 0.529. The predicted molar refractivity (Wildman–Crippen MR) is 84.5 cm³/mol. The Hall–Kier alpha value is -0.180. The fourth-order valence-electron chi connectivity index (χ4n) is 2.25. The van der Waals surface area contributed by atoms with Crippen LogP contribution in [0.15, 0.2) is 4.99 Å². The minimum atomic E-state index is 0.529. The number of aliphatic imine (C=N–C) groups is 1. The van der Waals surface area contributed by atoms with E-state index in [2.05, 4.69) is 33.0 Å². The van der Waals surface area contributed by atoms with Gasteiger partial charge in [0.2, 0.25) is 0 Å². The molecule has 1 heterocycles. The van der Waals surface area contributed by atoms with Gasteiger partial charge in [0.1, 0.15) is 0 Å². The monoisotopic (exact) mass is 270 g/mol. The predicted octanol–water partition coefficient (Wildman–Crippen LogP) is 4.45. The molecule has 0 fully saturated rings. The molecule has 18 heavy (non-hydrogen) atoms. The van der Waals surface area contributed by atoms with Crippen LogP contribution < -0.4 is 5.32 Å². The summed E-state index contributed by atoms with van der Waals surface area (Å²) in [5, 5.41) is 4.78. The van der Waals surface area contributed by atoms with Crippen LogP contribution in [0, 0.1) is 5.92 Å². The first-order valence-corrected chi connectivity index (χ1v) is 8.59. The molecule has 2 unspecified atom stereocenters. The van der Waals surface area contributed by atoms with Crippen LogP contribution in [-0.2, 0) is 0 Å². The average Bonchev–Trinajstić information content (AvgIpc) is 2.35. The van der Waals surface area contributed by atoms with Crippen molar-refractivity contribution in [1.82, 2.24) is 5.32 Å². The van der Waals surface area contributed by atoms with Crippen molar-refractivity contribution in [3.8, 4) is 0 Å². The van der Waals surface area contributed by atoms with Crippen molar-refractivity contribution < 1.29 is 0 Å². The molecule has 0 radical (unpaired) electrons. The van der Waals surface area contributed by atoms with Crippen LogP contribution in [0.3, 0.4) is 0 Å². The van der Waals surface area contributed by atoms with Crippen molar-refractivity contribution in [2.75, 3.05) is 5.75 Å². The Bertz CT molecular complexity index is 251. The molecule has 3 heteroatoms. The number of rotatable bonds is 7. The van der Waals surface area contributed by atoms with Gasteiger partial charge in [0.05, 0.1) is 6.04 Å². The lowest BCUT2D eigenvalue weighted by molar-refractivity contribution is 0.479. The summed E-state index contributed by atoms with van der Waals surface area (Å²) in [5.74, 6) is 1.89. The van der Waals surface area contributed by atoms with Crippen LogP contribution in [0.1, 0.15) is 66.2 Å². The maximum atomic E-state index is 4.83. The number of unbranched alkanes of at least 4 members (excludes halogenated alkanes) is 3. The van der Waals surface area contributed by atoms with E-state index in [1.807, 2.05) is 11.8 Å². The van der Waals surface area contributed by atoms with Crippen LogP contribution in [0.25, 0.3) is 0 Å². The highest BCUT2D eigenvalue weighted by Gasteiger charge is 2.19. The molecule has 2 atom stereocenters. The first-order valence-electron chi connectivity index (χ1n) is 7.60. The van der Waals surface area contributed by atoms with Gasteiger partial charge in [-0.25, -0.2) is 0 Å². The molecular weight excluding hydrogens is 240 g/mol. The molecule has 0 spiro atoms. The SMILES string of the molecule is CCCCCCC(C)NC1=NC(C(C)C)CCS1. The Labute approximate surface area is 117 Å². The quantitative estimate of drug-likeness (QED) is 0.691. The fraction of sp³-hybridized carbons (Fsp3) is 0.933. The van der Waals surface area contributed by atoms with E-state index in [9.17, 15) is 0 Å². The van der Waals surface area contributed by atoms with Crippen LogP contribution in [0.5, 0.6) is 0 Å². The third kappa shape index (κ3) is 6.12. The van der Waals surface area contributed by atoms with E-state index in [1.54, 1.807) is 0 Å². The second-order valence-corrected chi connectivity index (χ2v) is 6.86. The Morgan fingerprint density at radius 1 is 1.28 bits per heavy atom. The summed E-state index contributed by atoms with van der Waals surface area (Å²) in [5.41, 5.74) is 0. The molecule has 1 aliphatic heterocycles. The summed E-state index contributed by atoms with van der Waals surface area (Å²) in [6, 6.07) is 1.10. The van der Waals surface area contributed by atoms with Gasteiger partial charge in [-0.2, -0.15) is 0 Å². The molecule has 0 saturated heterocycles. The fourth-order valence-corrected chi connectivity index (χ4v) is 3.30. The van der Waals surface area contributed by atoms with E-state index in [4.69, 9.17) is 4.99 Å². The van der Waals surface area contributed by atoms with Gasteiger partial charge in [-0.1, -0.05) is 58.2 Å². The summed E-state index contributed by atoms with van der Waals surface area (Å²) in [4.78, 5) is 4.83. The first kappa shape index (κ1) is 15.9. The largest absolute Gasteiger partial charge is 0.362 e. The van der Waals surface area contributed by atoms with Crippen LogP contribution in [-0.4, -0.2) is 23.0 Å². The lowest BCUT2D eigenvalue weighted by Gasteiger charge is -2.25. The van der Waals surface area contributed by atoms with E-state index in [1.165, 1.54) is 49.4 Å². The summed E-state index contributed by atoms with van der Waals surface area (Å²) in [6.45, 7) is 9.10. The van der Waals surface area contributed by atoms with Gasteiger partial charge in [0.25, 0.3) is 0 Å². The van der Waals surface area contributed by atoms with Gasteiger partial charge in [-0.3, -0.25) is 4.99 Å². The molecule has 1 N–H and O–H groups in total. The second-order valence-electron chi connectivity index (χ2n) is 5.78. The maximum Gasteiger partial charge on any atom is 0.157 e. The maximum absolute atomic E-state index is 4.83. The zero-order valence-electron chi connectivity index (χ0n) is 12.5. The minimum Gasteiger partial charge on any atom is -0.362 e. The number of nitrogens with one attached hydrogen (secondary N) is 1. The molecule has 1 aliphatic rings. The number of nitrogens with zero attached hydrogens (tertiary/aromatic N) is 1. The zero-order chi connectivity index (χ0) is 13.4. The number of amidine groups is 1. The third-order valence-corrected chi connectivity index (χ3v) is 4.50. The number of hydrogen-bond acceptors (Lipinski definition) is 3. The first-order chi connectivity index (χ1) is 8.63. The van der Waals surface area contributed by atoms with Crippen molar-refractivity contribution in [1.29, 1.82) is 0 Å². The smallest absolute Gasteiger partial charge is 0.157 e. The molecule has 0 aliphatic carbocycles. The van der Waals surface area contributed by atoms with Crippen molar-refractivity contribution in [3.05, 3.63) is 0 Å². The highest BCUT2D eigenvalue weighted by atomic mass is 32.2. The summed E-state index contributed by atoms with van der Waals surface area (Å²) >= 11 is 1.90. The van der Waals surface area contributed by atoms with Gasteiger partial charge in [0, 0.05) is 11.8 Å². The molecule has 106 valence electrons. The highest BCUT2D eigenvalue weighted by molar-refractivity contribution is 8.13. The lowest BCUT2D eigenvalue weighted by atomic mass is 10.0.